The molecule has 2 rings (SSSR count). The number of halogens is 2. The predicted octanol–water partition coefficient (Wildman–Crippen LogP) is 4.47. The lowest BCUT2D eigenvalue weighted by Crippen LogP contribution is -2.00. The second-order valence-electron chi connectivity index (χ2n) is 4.39. The molecule has 0 spiro atoms. The van der Waals surface area contributed by atoms with Gasteiger partial charge in [-0.2, -0.15) is 0 Å². The summed E-state index contributed by atoms with van der Waals surface area (Å²) in [5.74, 6) is 1.05. The van der Waals surface area contributed by atoms with Crippen LogP contribution in [0.2, 0.25) is 0 Å². The van der Waals surface area contributed by atoms with Crippen molar-refractivity contribution >= 4 is 48.5 Å². The number of rotatable bonds is 2. The third-order valence-corrected chi connectivity index (χ3v) is 3.98. The Morgan fingerprint density at radius 2 is 1.89 bits per heavy atom. The molecule has 96 valence electrons. The summed E-state index contributed by atoms with van der Waals surface area (Å²) in [4.78, 5) is 4.66. The number of hydrogen-bond donors (Lipinski definition) is 1. The molecule has 0 saturated carbocycles. The van der Waals surface area contributed by atoms with Gasteiger partial charge in [-0.15, -0.1) is 0 Å². The summed E-state index contributed by atoms with van der Waals surface area (Å²) in [7, 11) is 1.63. The van der Waals surface area contributed by atoms with Crippen molar-refractivity contribution in [3.05, 3.63) is 26.8 Å². The van der Waals surface area contributed by atoms with Crippen LogP contribution < -0.4 is 10.5 Å². The molecule has 5 heteroatoms. The third kappa shape index (κ3) is 2.21. The lowest BCUT2D eigenvalue weighted by atomic mass is 10.1. The van der Waals surface area contributed by atoms with Gasteiger partial charge in [-0.1, -0.05) is 13.8 Å². The topological polar surface area (TPSA) is 48.1 Å². The summed E-state index contributed by atoms with van der Waals surface area (Å²) in [6.45, 7) is 4.19. The number of ether oxygens (including phenoxy) is 1. The van der Waals surface area contributed by atoms with Gasteiger partial charge in [0, 0.05) is 15.9 Å². The molecule has 1 heterocycles. The number of pyridine rings is 1. The predicted molar refractivity (Wildman–Crippen MR) is 82.2 cm³/mol. The number of nitrogens with zero attached hydrogens (tertiary/aromatic N) is 1. The molecular weight excluding hydrogens is 360 g/mol. The normalized spacial score (nSPS) is 11.2. The quantitative estimate of drug-likeness (QED) is 0.844. The SMILES string of the molecule is COc1c(Br)cc(Br)c2nc(C(C)C)cc(N)c12. The Morgan fingerprint density at radius 1 is 1.22 bits per heavy atom. The minimum Gasteiger partial charge on any atom is -0.495 e. The number of nitrogens with two attached hydrogens (primary N) is 1. The molecule has 0 unspecified atom stereocenters. The van der Waals surface area contributed by atoms with Gasteiger partial charge in [0.2, 0.25) is 0 Å². The van der Waals surface area contributed by atoms with Crippen molar-refractivity contribution in [3.8, 4) is 5.75 Å². The Hall–Kier alpha value is -0.810. The van der Waals surface area contributed by atoms with Crippen LogP contribution >= 0.6 is 31.9 Å². The van der Waals surface area contributed by atoms with Gasteiger partial charge < -0.3 is 10.5 Å². The van der Waals surface area contributed by atoms with Gasteiger partial charge in [-0.25, -0.2) is 0 Å². The lowest BCUT2D eigenvalue weighted by Gasteiger charge is -2.14. The molecule has 0 aliphatic carbocycles. The van der Waals surface area contributed by atoms with E-state index in [4.69, 9.17) is 10.5 Å². The van der Waals surface area contributed by atoms with E-state index in [0.29, 0.717) is 17.4 Å². The molecule has 2 aromatic rings. The van der Waals surface area contributed by atoms with Crippen molar-refractivity contribution < 1.29 is 4.74 Å². The second kappa shape index (κ2) is 5.05. The van der Waals surface area contributed by atoms with E-state index in [-0.39, 0.29) is 0 Å². The molecule has 1 aromatic heterocycles. The van der Waals surface area contributed by atoms with Crippen LogP contribution in [0.3, 0.4) is 0 Å². The zero-order valence-electron chi connectivity index (χ0n) is 10.4. The Morgan fingerprint density at radius 3 is 2.44 bits per heavy atom. The summed E-state index contributed by atoms with van der Waals surface area (Å²) in [5, 5.41) is 0.836. The Kier molecular flexibility index (Phi) is 3.82. The van der Waals surface area contributed by atoms with Crippen molar-refractivity contribution in [2.45, 2.75) is 19.8 Å². The zero-order valence-corrected chi connectivity index (χ0v) is 13.6. The molecular formula is C13H14Br2N2O. The molecule has 0 aliphatic heterocycles. The van der Waals surface area contributed by atoms with Crippen LogP contribution in [-0.4, -0.2) is 12.1 Å². The molecule has 0 amide bonds. The number of fused-ring (bicyclic) bond motifs is 1. The van der Waals surface area contributed by atoms with E-state index in [1.807, 2.05) is 12.1 Å². The van der Waals surface area contributed by atoms with E-state index in [0.717, 1.165) is 25.5 Å². The average Bonchev–Trinajstić information content (AvgIpc) is 2.30. The molecule has 0 radical (unpaired) electrons. The van der Waals surface area contributed by atoms with Crippen LogP contribution in [0, 0.1) is 0 Å². The van der Waals surface area contributed by atoms with E-state index in [1.165, 1.54) is 0 Å². The van der Waals surface area contributed by atoms with Crippen molar-refractivity contribution in [1.29, 1.82) is 0 Å². The summed E-state index contributed by atoms with van der Waals surface area (Å²) < 4.78 is 7.17. The first-order chi connectivity index (χ1) is 8.45. The number of anilines is 1. The van der Waals surface area contributed by atoms with Crippen LogP contribution in [0.1, 0.15) is 25.5 Å². The standard InChI is InChI=1S/C13H14Br2N2O/c1-6(2)10-5-9(16)11-12(17-10)7(14)4-8(15)13(11)18-3/h4-6H,1-3H3,(H2,16,17). The van der Waals surface area contributed by atoms with Gasteiger partial charge >= 0.3 is 0 Å². The maximum Gasteiger partial charge on any atom is 0.144 e. The van der Waals surface area contributed by atoms with Crippen LogP contribution in [0.15, 0.2) is 21.1 Å². The fourth-order valence-electron chi connectivity index (χ4n) is 1.86. The summed E-state index contributed by atoms with van der Waals surface area (Å²) in [5.41, 5.74) is 8.64. The number of hydrogen-bond acceptors (Lipinski definition) is 3. The monoisotopic (exact) mass is 372 g/mol. The average molecular weight is 374 g/mol. The van der Waals surface area contributed by atoms with Gasteiger partial charge in [0.25, 0.3) is 0 Å². The highest BCUT2D eigenvalue weighted by Gasteiger charge is 2.16. The van der Waals surface area contributed by atoms with E-state index in [9.17, 15) is 0 Å². The molecule has 3 nitrogen and oxygen atoms in total. The molecule has 18 heavy (non-hydrogen) atoms. The van der Waals surface area contributed by atoms with E-state index in [2.05, 4.69) is 50.7 Å². The van der Waals surface area contributed by atoms with Crippen LogP contribution in [-0.2, 0) is 0 Å². The van der Waals surface area contributed by atoms with E-state index < -0.39 is 0 Å². The molecule has 0 aliphatic rings. The first-order valence-corrected chi connectivity index (χ1v) is 7.16. The van der Waals surface area contributed by atoms with Gasteiger partial charge in [0.05, 0.1) is 22.5 Å². The summed E-state index contributed by atoms with van der Waals surface area (Å²) in [6, 6.07) is 3.84. The largest absolute Gasteiger partial charge is 0.495 e. The molecule has 0 bridgehead atoms. The molecule has 1 aromatic carbocycles. The zero-order chi connectivity index (χ0) is 13.4. The Bertz CT molecular complexity index is 612. The fraction of sp³-hybridized carbons (Fsp3) is 0.308. The first kappa shape index (κ1) is 13.6. The van der Waals surface area contributed by atoms with Gasteiger partial charge in [0.15, 0.2) is 0 Å². The lowest BCUT2D eigenvalue weighted by molar-refractivity contribution is 0.417. The number of methoxy groups -OCH3 is 1. The van der Waals surface area contributed by atoms with Crippen LogP contribution in [0.4, 0.5) is 5.69 Å². The molecule has 2 N–H and O–H groups in total. The highest BCUT2D eigenvalue weighted by Crippen LogP contribution is 2.41. The molecule has 0 atom stereocenters. The highest BCUT2D eigenvalue weighted by atomic mass is 79.9. The highest BCUT2D eigenvalue weighted by molar-refractivity contribution is 9.11. The fourth-order valence-corrected chi connectivity index (χ4v) is 3.27. The van der Waals surface area contributed by atoms with E-state index >= 15 is 0 Å². The summed E-state index contributed by atoms with van der Waals surface area (Å²) >= 11 is 7.00. The van der Waals surface area contributed by atoms with Crippen molar-refractivity contribution in [3.63, 3.8) is 0 Å². The second-order valence-corrected chi connectivity index (χ2v) is 6.10. The first-order valence-electron chi connectivity index (χ1n) is 5.57. The van der Waals surface area contributed by atoms with Gasteiger partial charge in [-0.05, 0) is 49.9 Å². The van der Waals surface area contributed by atoms with Crippen molar-refractivity contribution in [1.82, 2.24) is 4.98 Å². The maximum atomic E-state index is 6.15. The minimum atomic E-state index is 0.332. The van der Waals surface area contributed by atoms with Crippen molar-refractivity contribution in [2.75, 3.05) is 12.8 Å². The van der Waals surface area contributed by atoms with Gasteiger partial charge in [-0.3, -0.25) is 4.98 Å². The third-order valence-electron chi connectivity index (χ3n) is 2.79. The maximum absolute atomic E-state index is 6.15. The number of aromatic nitrogens is 1. The van der Waals surface area contributed by atoms with E-state index in [1.54, 1.807) is 7.11 Å². The Labute approximate surface area is 123 Å². The molecule has 0 saturated heterocycles. The molecule has 0 fully saturated rings. The number of nitrogen functional groups attached to an aromatic ring is 1. The minimum absolute atomic E-state index is 0.332. The Balaban J connectivity index is 2.90. The van der Waals surface area contributed by atoms with Crippen LogP contribution in [0.25, 0.3) is 10.9 Å². The van der Waals surface area contributed by atoms with Gasteiger partial charge in [0.1, 0.15) is 5.75 Å². The smallest absolute Gasteiger partial charge is 0.144 e. The number of benzene rings is 1. The summed E-state index contributed by atoms with van der Waals surface area (Å²) in [6.07, 6.45) is 0. The van der Waals surface area contributed by atoms with Crippen LogP contribution in [0.5, 0.6) is 5.75 Å². The van der Waals surface area contributed by atoms with Crippen molar-refractivity contribution in [2.24, 2.45) is 0 Å².